The molecule has 2 rings (SSSR count). The molecule has 16 heavy (non-hydrogen) atoms. The molecular weight excluding hydrogens is 268 g/mol. The molecule has 1 fully saturated rings. The fourth-order valence-corrected chi connectivity index (χ4v) is 2.40. The van der Waals surface area contributed by atoms with Gasteiger partial charge in [0.2, 0.25) is 5.91 Å². The highest BCUT2D eigenvalue weighted by Gasteiger charge is 2.28. The van der Waals surface area contributed by atoms with Gasteiger partial charge in [-0.15, -0.1) is 0 Å². The maximum atomic E-state index is 11.6. The van der Waals surface area contributed by atoms with Gasteiger partial charge in [0.05, 0.1) is 0 Å². The van der Waals surface area contributed by atoms with Crippen LogP contribution >= 0.6 is 15.9 Å². The van der Waals surface area contributed by atoms with Crippen molar-refractivity contribution in [2.75, 3.05) is 18.4 Å². The summed E-state index contributed by atoms with van der Waals surface area (Å²) in [5, 5.41) is 0.916. The molecule has 1 amide bonds. The molecule has 1 saturated heterocycles. The molecule has 0 N–H and O–H groups in total. The lowest BCUT2D eigenvalue weighted by Crippen LogP contribution is -2.27. The summed E-state index contributed by atoms with van der Waals surface area (Å²) in [5.74, 6) is 0.761. The Morgan fingerprint density at radius 3 is 3.00 bits per heavy atom. The summed E-state index contributed by atoms with van der Waals surface area (Å²) >= 11 is 3.44. The van der Waals surface area contributed by atoms with Gasteiger partial charge < -0.3 is 4.90 Å². The maximum Gasteiger partial charge on any atom is 0.222 e. The summed E-state index contributed by atoms with van der Waals surface area (Å²) in [6, 6.07) is 5.89. The molecule has 1 unspecified atom stereocenters. The molecule has 1 aliphatic rings. The Balaban J connectivity index is 1.85. The number of hydrogen-bond donors (Lipinski definition) is 0. The Morgan fingerprint density at radius 2 is 2.38 bits per heavy atom. The molecule has 0 saturated carbocycles. The summed E-state index contributed by atoms with van der Waals surface area (Å²) < 4.78 is 0. The van der Waals surface area contributed by atoms with Gasteiger partial charge in [-0.3, -0.25) is 9.78 Å². The highest BCUT2D eigenvalue weighted by molar-refractivity contribution is 9.09. The summed E-state index contributed by atoms with van der Waals surface area (Å²) in [6.45, 7) is 1.68. The van der Waals surface area contributed by atoms with Crippen LogP contribution in [0.15, 0.2) is 24.4 Å². The van der Waals surface area contributed by atoms with E-state index in [2.05, 4.69) is 20.9 Å². The lowest BCUT2D eigenvalue weighted by atomic mass is 10.2. The van der Waals surface area contributed by atoms with Crippen LogP contribution in [0.25, 0.3) is 0 Å². The van der Waals surface area contributed by atoms with Crippen molar-refractivity contribution in [1.82, 2.24) is 9.88 Å². The average molecular weight is 283 g/mol. The second-order valence-electron chi connectivity index (χ2n) is 4.14. The molecule has 1 aromatic rings. The van der Waals surface area contributed by atoms with Crippen molar-refractivity contribution >= 4 is 21.8 Å². The van der Waals surface area contributed by atoms with Crippen LogP contribution in [0, 0.1) is 5.92 Å². The fourth-order valence-electron chi connectivity index (χ4n) is 1.97. The minimum atomic E-state index is 0.278. The van der Waals surface area contributed by atoms with Gasteiger partial charge in [0.25, 0.3) is 0 Å². The number of alkyl halides is 1. The van der Waals surface area contributed by atoms with Gasteiger partial charge >= 0.3 is 0 Å². The van der Waals surface area contributed by atoms with Crippen LogP contribution in [-0.4, -0.2) is 34.2 Å². The molecular formula is C12H15BrN2O. The maximum absolute atomic E-state index is 11.6. The molecule has 1 atom stereocenters. The monoisotopic (exact) mass is 282 g/mol. The largest absolute Gasteiger partial charge is 0.342 e. The van der Waals surface area contributed by atoms with Gasteiger partial charge in [0, 0.05) is 43.2 Å². The zero-order valence-corrected chi connectivity index (χ0v) is 10.7. The summed E-state index contributed by atoms with van der Waals surface area (Å²) in [4.78, 5) is 17.9. The minimum Gasteiger partial charge on any atom is -0.342 e. The van der Waals surface area contributed by atoms with E-state index in [9.17, 15) is 4.79 Å². The van der Waals surface area contributed by atoms with Crippen LogP contribution in [0.2, 0.25) is 0 Å². The molecule has 3 nitrogen and oxygen atoms in total. The first kappa shape index (κ1) is 11.6. The molecule has 4 heteroatoms. The normalized spacial score (nSPS) is 20.4. The fraction of sp³-hybridized carbons (Fsp3) is 0.500. The molecule has 1 aliphatic heterocycles. The molecule has 0 aromatic carbocycles. The predicted octanol–water partition coefficient (Wildman–Crippen LogP) is 1.87. The third kappa shape index (κ3) is 2.82. The predicted molar refractivity (Wildman–Crippen MR) is 66.4 cm³/mol. The number of rotatable bonds is 4. The van der Waals surface area contributed by atoms with Gasteiger partial charge in [-0.05, 0) is 18.1 Å². The molecule has 0 bridgehead atoms. The van der Waals surface area contributed by atoms with Gasteiger partial charge in [0.1, 0.15) is 0 Å². The van der Waals surface area contributed by atoms with Crippen LogP contribution in [0.3, 0.4) is 0 Å². The lowest BCUT2D eigenvalue weighted by molar-refractivity contribution is -0.127. The first-order chi connectivity index (χ1) is 7.79. The van der Waals surface area contributed by atoms with E-state index in [1.807, 2.05) is 23.1 Å². The molecule has 1 aromatic heterocycles. The first-order valence-corrected chi connectivity index (χ1v) is 6.65. The van der Waals surface area contributed by atoms with E-state index in [0.29, 0.717) is 12.3 Å². The van der Waals surface area contributed by atoms with Crippen molar-refractivity contribution in [3.63, 3.8) is 0 Å². The first-order valence-electron chi connectivity index (χ1n) is 5.53. The van der Waals surface area contributed by atoms with Gasteiger partial charge in [0.15, 0.2) is 0 Å². The van der Waals surface area contributed by atoms with Crippen LogP contribution in [-0.2, 0) is 11.2 Å². The minimum absolute atomic E-state index is 0.278. The van der Waals surface area contributed by atoms with E-state index in [0.717, 1.165) is 30.5 Å². The standard InChI is InChI=1S/C12H15BrN2O/c13-8-10-7-12(16)15(9-10)6-4-11-3-1-2-5-14-11/h1-3,5,10H,4,6-9H2. The van der Waals surface area contributed by atoms with Crippen LogP contribution in [0.1, 0.15) is 12.1 Å². The van der Waals surface area contributed by atoms with E-state index in [4.69, 9.17) is 0 Å². The average Bonchev–Trinajstić information content (AvgIpc) is 2.69. The molecule has 0 spiro atoms. The third-order valence-corrected chi connectivity index (χ3v) is 3.79. The number of hydrogen-bond acceptors (Lipinski definition) is 2. The Labute approximate surface area is 104 Å². The second kappa shape index (κ2) is 5.43. The lowest BCUT2D eigenvalue weighted by Gasteiger charge is -2.15. The number of likely N-dealkylation sites (tertiary alicyclic amines) is 1. The van der Waals surface area contributed by atoms with E-state index in [1.54, 1.807) is 6.20 Å². The van der Waals surface area contributed by atoms with Crippen molar-refractivity contribution < 1.29 is 4.79 Å². The Bertz CT molecular complexity index is 355. The van der Waals surface area contributed by atoms with Gasteiger partial charge in [-0.2, -0.15) is 0 Å². The topological polar surface area (TPSA) is 33.2 Å². The SMILES string of the molecule is O=C1CC(CBr)CN1CCc1ccccn1. The van der Waals surface area contributed by atoms with Crippen LogP contribution in [0.4, 0.5) is 0 Å². The number of carbonyl (C=O) groups is 1. The number of nitrogens with zero attached hydrogens (tertiary/aromatic N) is 2. The number of pyridine rings is 1. The third-order valence-electron chi connectivity index (χ3n) is 2.88. The van der Waals surface area contributed by atoms with Gasteiger partial charge in [-0.1, -0.05) is 22.0 Å². The number of halogens is 1. The highest BCUT2D eigenvalue weighted by Crippen LogP contribution is 2.19. The molecule has 0 radical (unpaired) electrons. The zero-order valence-electron chi connectivity index (χ0n) is 9.10. The molecule has 2 heterocycles. The zero-order chi connectivity index (χ0) is 11.4. The molecule has 0 aliphatic carbocycles. The Hall–Kier alpha value is -0.900. The summed E-state index contributed by atoms with van der Waals surface area (Å²) in [5.41, 5.74) is 1.05. The van der Waals surface area contributed by atoms with E-state index in [-0.39, 0.29) is 5.91 Å². The second-order valence-corrected chi connectivity index (χ2v) is 4.78. The quantitative estimate of drug-likeness (QED) is 0.790. The summed E-state index contributed by atoms with van der Waals surface area (Å²) in [7, 11) is 0. The number of aromatic nitrogens is 1. The summed E-state index contributed by atoms with van der Waals surface area (Å²) in [6.07, 6.45) is 3.33. The Kier molecular flexibility index (Phi) is 3.93. The van der Waals surface area contributed by atoms with Crippen LogP contribution < -0.4 is 0 Å². The van der Waals surface area contributed by atoms with Crippen molar-refractivity contribution in [2.24, 2.45) is 5.92 Å². The van der Waals surface area contributed by atoms with Crippen molar-refractivity contribution in [2.45, 2.75) is 12.8 Å². The number of amides is 1. The van der Waals surface area contributed by atoms with Crippen molar-refractivity contribution in [1.29, 1.82) is 0 Å². The van der Waals surface area contributed by atoms with E-state index >= 15 is 0 Å². The van der Waals surface area contributed by atoms with Crippen molar-refractivity contribution in [3.8, 4) is 0 Å². The highest BCUT2D eigenvalue weighted by atomic mass is 79.9. The smallest absolute Gasteiger partial charge is 0.222 e. The molecule has 86 valence electrons. The van der Waals surface area contributed by atoms with Gasteiger partial charge in [-0.25, -0.2) is 0 Å². The van der Waals surface area contributed by atoms with Crippen molar-refractivity contribution in [3.05, 3.63) is 30.1 Å². The van der Waals surface area contributed by atoms with Crippen LogP contribution in [0.5, 0.6) is 0 Å². The van der Waals surface area contributed by atoms with E-state index in [1.165, 1.54) is 0 Å². The number of carbonyl (C=O) groups excluding carboxylic acids is 1. The van der Waals surface area contributed by atoms with E-state index < -0.39 is 0 Å². The Morgan fingerprint density at radius 1 is 1.50 bits per heavy atom.